The molecule has 3 rings (SSSR count). The predicted molar refractivity (Wildman–Crippen MR) is 93.2 cm³/mol. The number of rotatable bonds is 6. The molecular formula is C19H19N3O3. The summed E-state index contributed by atoms with van der Waals surface area (Å²) in [5, 5.41) is 14.1. The van der Waals surface area contributed by atoms with Gasteiger partial charge in [0.25, 0.3) is 0 Å². The lowest BCUT2D eigenvalue weighted by Gasteiger charge is -2.18. The molecule has 0 fully saturated rings. The highest BCUT2D eigenvalue weighted by atomic mass is 16.5. The van der Waals surface area contributed by atoms with Gasteiger partial charge in [-0.25, -0.2) is 4.68 Å². The van der Waals surface area contributed by atoms with E-state index in [1.807, 2.05) is 32.0 Å². The van der Waals surface area contributed by atoms with Gasteiger partial charge in [-0.2, -0.15) is 5.10 Å². The Labute approximate surface area is 145 Å². The van der Waals surface area contributed by atoms with Crippen LogP contribution in [-0.2, 0) is 11.3 Å². The molecule has 2 aromatic heterocycles. The minimum absolute atomic E-state index is 0.0485. The molecule has 0 bridgehead atoms. The first kappa shape index (κ1) is 16.9. The summed E-state index contributed by atoms with van der Waals surface area (Å²) in [7, 11) is 0. The Morgan fingerprint density at radius 1 is 1.24 bits per heavy atom. The van der Waals surface area contributed by atoms with E-state index in [0.29, 0.717) is 11.8 Å². The van der Waals surface area contributed by atoms with Gasteiger partial charge in [-0.3, -0.25) is 9.78 Å². The molecule has 0 saturated heterocycles. The number of hydrogen-bond donors (Lipinski definition) is 1. The third-order valence-corrected chi connectivity index (χ3v) is 4.04. The highest BCUT2D eigenvalue weighted by Crippen LogP contribution is 2.25. The molecule has 6 heteroatoms. The van der Waals surface area contributed by atoms with Crippen LogP contribution in [0.2, 0.25) is 0 Å². The first-order chi connectivity index (χ1) is 12.1. The molecule has 128 valence electrons. The van der Waals surface area contributed by atoms with Gasteiger partial charge in [0.05, 0.1) is 23.6 Å². The first-order valence-corrected chi connectivity index (χ1v) is 7.95. The molecule has 1 atom stereocenters. The average Bonchev–Trinajstić information content (AvgIpc) is 3.09. The number of ether oxygens (including phenoxy) is 1. The highest BCUT2D eigenvalue weighted by Gasteiger charge is 2.15. The van der Waals surface area contributed by atoms with E-state index in [9.17, 15) is 9.90 Å². The number of benzene rings is 1. The number of aromatic nitrogens is 3. The lowest BCUT2D eigenvalue weighted by Crippen LogP contribution is -2.13. The van der Waals surface area contributed by atoms with Crippen LogP contribution in [0.15, 0.2) is 48.8 Å². The van der Waals surface area contributed by atoms with Crippen LogP contribution in [0.25, 0.3) is 11.4 Å². The van der Waals surface area contributed by atoms with Crippen LogP contribution in [0, 0.1) is 6.92 Å². The van der Waals surface area contributed by atoms with Gasteiger partial charge < -0.3 is 9.84 Å². The van der Waals surface area contributed by atoms with E-state index in [0.717, 1.165) is 17.0 Å². The van der Waals surface area contributed by atoms with Gasteiger partial charge in [0.2, 0.25) is 0 Å². The summed E-state index contributed by atoms with van der Waals surface area (Å²) in [5.41, 5.74) is 3.63. The quantitative estimate of drug-likeness (QED) is 0.697. The predicted octanol–water partition coefficient (Wildman–Crippen LogP) is 3.51. The molecule has 0 radical (unpaired) electrons. The molecule has 0 aliphatic heterocycles. The zero-order chi connectivity index (χ0) is 17.8. The number of pyridine rings is 1. The molecule has 6 nitrogen and oxygen atoms in total. The fourth-order valence-electron chi connectivity index (χ4n) is 2.69. The van der Waals surface area contributed by atoms with E-state index in [1.54, 1.807) is 29.2 Å². The fraction of sp³-hybridized carbons (Fsp3) is 0.211. The summed E-state index contributed by atoms with van der Waals surface area (Å²) in [6, 6.07) is 10.7. The maximum Gasteiger partial charge on any atom is 0.154 e. The van der Waals surface area contributed by atoms with Crippen molar-refractivity contribution < 1.29 is 14.6 Å². The Hall–Kier alpha value is -2.99. The topological polar surface area (TPSA) is 77.2 Å². The van der Waals surface area contributed by atoms with Crippen molar-refractivity contribution in [3.63, 3.8) is 0 Å². The van der Waals surface area contributed by atoms with Crippen molar-refractivity contribution >= 4 is 6.29 Å². The van der Waals surface area contributed by atoms with Crippen molar-refractivity contribution in [1.82, 2.24) is 14.8 Å². The monoisotopic (exact) mass is 337 g/mol. The number of phenols is 1. The minimum atomic E-state index is -0.367. The van der Waals surface area contributed by atoms with Gasteiger partial charge in [0.15, 0.2) is 6.29 Å². The van der Waals surface area contributed by atoms with Gasteiger partial charge in [0, 0.05) is 12.4 Å². The third kappa shape index (κ3) is 3.44. The van der Waals surface area contributed by atoms with Crippen LogP contribution in [0.5, 0.6) is 5.75 Å². The average molecular weight is 337 g/mol. The van der Waals surface area contributed by atoms with Crippen LogP contribution in [-0.4, -0.2) is 26.2 Å². The Kier molecular flexibility index (Phi) is 4.90. The Morgan fingerprint density at radius 3 is 2.84 bits per heavy atom. The van der Waals surface area contributed by atoms with Crippen LogP contribution >= 0.6 is 0 Å². The van der Waals surface area contributed by atoms with E-state index in [-0.39, 0.29) is 24.1 Å². The number of hydrogen-bond acceptors (Lipinski definition) is 5. The summed E-state index contributed by atoms with van der Waals surface area (Å²) in [6.07, 6.45) is 3.71. The Morgan fingerprint density at radius 2 is 2.08 bits per heavy atom. The van der Waals surface area contributed by atoms with Crippen molar-refractivity contribution in [2.75, 3.05) is 0 Å². The van der Waals surface area contributed by atoms with E-state index >= 15 is 0 Å². The number of aldehydes is 1. The zero-order valence-corrected chi connectivity index (χ0v) is 14.1. The van der Waals surface area contributed by atoms with E-state index in [1.165, 1.54) is 6.07 Å². The molecule has 1 aromatic carbocycles. The van der Waals surface area contributed by atoms with Crippen molar-refractivity contribution in [2.24, 2.45) is 0 Å². The molecule has 0 amide bonds. The summed E-state index contributed by atoms with van der Waals surface area (Å²) < 4.78 is 7.62. The number of nitrogens with zero attached hydrogens (tertiary/aromatic N) is 3. The second-order valence-electron chi connectivity index (χ2n) is 5.71. The van der Waals surface area contributed by atoms with Gasteiger partial charge in [-0.05, 0) is 43.2 Å². The standard InChI is InChI=1S/C19H19N3O3/c1-13-5-4-9-20-19(13)17-8-10-21-22(17)14(2)25-12-15-6-3-7-18(24)16(15)11-23/h3-11,14,24H,12H2,1-2H3. The smallest absolute Gasteiger partial charge is 0.154 e. The molecule has 0 spiro atoms. The number of carbonyl (C=O) groups is 1. The maximum atomic E-state index is 11.2. The van der Waals surface area contributed by atoms with Crippen LogP contribution < -0.4 is 0 Å². The Bertz CT molecular complexity index is 889. The molecule has 3 aromatic rings. The van der Waals surface area contributed by atoms with E-state index < -0.39 is 0 Å². The first-order valence-electron chi connectivity index (χ1n) is 7.95. The summed E-state index contributed by atoms with van der Waals surface area (Å²) >= 11 is 0. The van der Waals surface area contributed by atoms with Gasteiger partial charge in [0.1, 0.15) is 12.0 Å². The highest BCUT2D eigenvalue weighted by molar-refractivity contribution is 5.81. The molecular weight excluding hydrogens is 318 g/mol. The molecule has 0 saturated carbocycles. The Balaban J connectivity index is 1.81. The summed E-state index contributed by atoms with van der Waals surface area (Å²) in [5.74, 6) is -0.0485. The third-order valence-electron chi connectivity index (χ3n) is 4.04. The van der Waals surface area contributed by atoms with Gasteiger partial charge in [-0.1, -0.05) is 18.2 Å². The molecule has 2 heterocycles. The fourth-order valence-corrected chi connectivity index (χ4v) is 2.69. The molecule has 1 N–H and O–H groups in total. The van der Waals surface area contributed by atoms with E-state index in [2.05, 4.69) is 10.1 Å². The van der Waals surface area contributed by atoms with E-state index in [4.69, 9.17) is 4.74 Å². The summed E-state index contributed by atoms with van der Waals surface area (Å²) in [6.45, 7) is 4.05. The van der Waals surface area contributed by atoms with Gasteiger partial charge >= 0.3 is 0 Å². The van der Waals surface area contributed by atoms with Crippen molar-refractivity contribution in [3.05, 3.63) is 65.5 Å². The molecule has 0 aliphatic carbocycles. The largest absolute Gasteiger partial charge is 0.507 e. The molecule has 1 unspecified atom stereocenters. The van der Waals surface area contributed by atoms with Crippen LogP contribution in [0.4, 0.5) is 0 Å². The number of carbonyl (C=O) groups excluding carboxylic acids is 1. The SMILES string of the molecule is Cc1cccnc1-c1ccnn1C(C)OCc1cccc(O)c1C=O. The number of phenolic OH excluding ortho intramolecular Hbond substituents is 1. The number of aromatic hydroxyl groups is 1. The van der Waals surface area contributed by atoms with Crippen LogP contribution in [0.3, 0.4) is 0 Å². The number of aryl methyl sites for hydroxylation is 1. The molecule has 0 aliphatic rings. The van der Waals surface area contributed by atoms with Gasteiger partial charge in [-0.15, -0.1) is 0 Å². The van der Waals surface area contributed by atoms with Crippen molar-refractivity contribution in [3.8, 4) is 17.1 Å². The second kappa shape index (κ2) is 7.27. The van der Waals surface area contributed by atoms with Crippen molar-refractivity contribution in [2.45, 2.75) is 26.7 Å². The zero-order valence-electron chi connectivity index (χ0n) is 14.1. The normalized spacial score (nSPS) is 12.1. The lowest BCUT2D eigenvalue weighted by molar-refractivity contribution is -0.00321. The maximum absolute atomic E-state index is 11.2. The minimum Gasteiger partial charge on any atom is -0.507 e. The second-order valence-corrected chi connectivity index (χ2v) is 5.71. The summed E-state index contributed by atoms with van der Waals surface area (Å²) in [4.78, 5) is 15.6. The molecule has 25 heavy (non-hydrogen) atoms. The lowest BCUT2D eigenvalue weighted by atomic mass is 10.1. The van der Waals surface area contributed by atoms with Crippen LogP contribution in [0.1, 0.15) is 34.6 Å². The van der Waals surface area contributed by atoms with Crippen molar-refractivity contribution in [1.29, 1.82) is 0 Å².